The Morgan fingerprint density at radius 2 is 1.96 bits per heavy atom. The molecule has 2 fully saturated rings. The highest BCUT2D eigenvalue weighted by Crippen LogP contribution is 2.33. The van der Waals surface area contributed by atoms with Crippen LogP contribution in [0.4, 0.5) is 4.79 Å². The fraction of sp³-hybridized carbons (Fsp3) is 0.944. The molecule has 0 aromatic rings. The minimum Gasteiger partial charge on any atom is -0.444 e. The van der Waals surface area contributed by atoms with Gasteiger partial charge in [-0.15, -0.1) is 0 Å². The molecule has 3 atom stereocenters. The van der Waals surface area contributed by atoms with Crippen LogP contribution in [0.15, 0.2) is 0 Å². The Morgan fingerprint density at radius 1 is 1.26 bits per heavy atom. The second-order valence-corrected chi connectivity index (χ2v) is 8.35. The summed E-state index contributed by atoms with van der Waals surface area (Å²) in [5.41, 5.74) is -0.482. The summed E-state index contributed by atoms with van der Waals surface area (Å²) in [5.74, 6) is 0.955. The van der Waals surface area contributed by atoms with Crippen molar-refractivity contribution in [1.82, 2.24) is 10.2 Å². The van der Waals surface area contributed by atoms with E-state index in [1.54, 1.807) is 0 Å². The lowest BCUT2D eigenvalue weighted by Crippen LogP contribution is -2.55. The third-order valence-corrected chi connectivity index (χ3v) is 4.88. The molecule has 0 aromatic heterocycles. The molecule has 0 heterocycles. The first kappa shape index (κ1) is 18.5. The molecule has 134 valence electrons. The third kappa shape index (κ3) is 6.68. The minimum atomic E-state index is -0.482. The van der Waals surface area contributed by atoms with Gasteiger partial charge in [-0.3, -0.25) is 0 Å². The summed E-state index contributed by atoms with van der Waals surface area (Å²) in [4.78, 5) is 14.4. The van der Waals surface area contributed by atoms with Gasteiger partial charge in [-0.25, -0.2) is 4.79 Å². The monoisotopic (exact) mass is 326 g/mol. The number of rotatable bonds is 6. The van der Waals surface area contributed by atoms with Crippen molar-refractivity contribution in [1.29, 1.82) is 0 Å². The van der Waals surface area contributed by atoms with Crippen LogP contribution in [0.3, 0.4) is 0 Å². The Morgan fingerprint density at radius 3 is 2.57 bits per heavy atom. The lowest BCUT2D eigenvalue weighted by atomic mass is 9.87. The molecule has 3 unspecified atom stereocenters. The molecule has 0 spiro atoms. The lowest BCUT2D eigenvalue weighted by Gasteiger charge is -2.40. The minimum absolute atomic E-state index is 0.0548. The van der Waals surface area contributed by atoms with Gasteiger partial charge in [0.25, 0.3) is 0 Å². The number of hydrogen-bond donors (Lipinski definition) is 2. The average Bonchev–Trinajstić information content (AvgIpc) is 3.22. The second-order valence-electron chi connectivity index (χ2n) is 8.35. The lowest BCUT2D eigenvalue weighted by molar-refractivity contribution is 0.0283. The van der Waals surface area contributed by atoms with E-state index in [1.165, 1.54) is 25.7 Å². The normalized spacial score (nSPS) is 28.7. The van der Waals surface area contributed by atoms with E-state index < -0.39 is 5.60 Å². The summed E-state index contributed by atoms with van der Waals surface area (Å²) in [6.45, 7) is 6.65. The topological polar surface area (TPSA) is 61.8 Å². The summed E-state index contributed by atoms with van der Waals surface area (Å²) in [6, 6.07) is 0.240. The van der Waals surface area contributed by atoms with E-state index in [1.807, 2.05) is 20.8 Å². The van der Waals surface area contributed by atoms with Gasteiger partial charge in [-0.2, -0.15) is 0 Å². The van der Waals surface area contributed by atoms with Crippen molar-refractivity contribution >= 4 is 6.09 Å². The molecular formula is C18H34N2O3. The van der Waals surface area contributed by atoms with Crippen molar-refractivity contribution in [2.24, 2.45) is 5.92 Å². The van der Waals surface area contributed by atoms with Crippen molar-refractivity contribution in [2.75, 3.05) is 13.6 Å². The van der Waals surface area contributed by atoms with Gasteiger partial charge in [-0.1, -0.05) is 12.8 Å². The molecule has 2 aliphatic rings. The third-order valence-electron chi connectivity index (χ3n) is 4.88. The molecule has 2 rings (SSSR count). The number of carbonyl (C=O) groups excluding carboxylic acids is 1. The Hall–Kier alpha value is -0.810. The number of alkyl carbamates (subject to hydrolysis) is 1. The Bertz CT molecular complexity index is 390. The predicted octanol–water partition coefficient (Wildman–Crippen LogP) is 2.92. The van der Waals surface area contributed by atoms with Crippen molar-refractivity contribution in [3.63, 3.8) is 0 Å². The standard InChI is InChI=1S/C18H34N2O3/c1-18(2,3)23-17(22)19-15-10-9-14(21)12-16(15)20(4)11-5-6-13-7-8-13/h13-16,21H,5-12H2,1-4H3,(H,19,22). The number of aliphatic hydroxyl groups is 1. The largest absolute Gasteiger partial charge is 0.444 e. The molecule has 0 aromatic carbocycles. The fourth-order valence-electron chi connectivity index (χ4n) is 3.44. The predicted molar refractivity (Wildman–Crippen MR) is 91.4 cm³/mol. The van der Waals surface area contributed by atoms with Crippen LogP contribution in [0.5, 0.6) is 0 Å². The van der Waals surface area contributed by atoms with Gasteiger partial charge in [0.05, 0.1) is 6.10 Å². The van der Waals surface area contributed by atoms with Gasteiger partial charge >= 0.3 is 6.09 Å². The molecule has 1 amide bonds. The summed E-state index contributed by atoms with van der Waals surface area (Å²) in [5, 5.41) is 13.0. The maximum Gasteiger partial charge on any atom is 0.407 e. The number of aliphatic hydroxyl groups excluding tert-OH is 1. The van der Waals surface area contributed by atoms with Gasteiger partial charge < -0.3 is 20.1 Å². The molecule has 0 saturated heterocycles. The number of carbonyl (C=O) groups is 1. The number of nitrogens with one attached hydrogen (secondary N) is 1. The first-order valence-corrected chi connectivity index (χ1v) is 9.12. The number of ether oxygens (including phenoxy) is 1. The van der Waals surface area contributed by atoms with Crippen LogP contribution in [-0.4, -0.2) is 53.5 Å². The first-order chi connectivity index (χ1) is 10.7. The first-order valence-electron chi connectivity index (χ1n) is 9.12. The molecule has 2 saturated carbocycles. The SMILES string of the molecule is CN(CCCC1CC1)C1CC(O)CCC1NC(=O)OC(C)(C)C. The highest BCUT2D eigenvalue weighted by atomic mass is 16.6. The van der Waals surface area contributed by atoms with Gasteiger partial charge in [0.1, 0.15) is 5.60 Å². The number of likely N-dealkylation sites (N-methyl/N-ethyl adjacent to an activating group) is 1. The van der Waals surface area contributed by atoms with E-state index in [0.29, 0.717) is 0 Å². The van der Waals surface area contributed by atoms with Crippen LogP contribution in [0.2, 0.25) is 0 Å². The molecule has 23 heavy (non-hydrogen) atoms. The average molecular weight is 326 g/mol. The highest BCUT2D eigenvalue weighted by Gasteiger charge is 2.34. The van der Waals surface area contributed by atoms with Crippen LogP contribution in [0.1, 0.15) is 65.7 Å². The quantitative estimate of drug-likeness (QED) is 0.788. The van der Waals surface area contributed by atoms with Gasteiger partial charge in [0.15, 0.2) is 0 Å². The molecule has 0 bridgehead atoms. The van der Waals surface area contributed by atoms with E-state index >= 15 is 0 Å². The van der Waals surface area contributed by atoms with Gasteiger partial charge in [-0.05, 0) is 72.4 Å². The van der Waals surface area contributed by atoms with Gasteiger partial charge in [0.2, 0.25) is 0 Å². The summed E-state index contributed by atoms with van der Waals surface area (Å²) in [6.07, 6.45) is 6.96. The van der Waals surface area contributed by atoms with Gasteiger partial charge in [0, 0.05) is 12.1 Å². The van der Waals surface area contributed by atoms with Crippen molar-refractivity contribution in [3.8, 4) is 0 Å². The second kappa shape index (κ2) is 7.84. The van der Waals surface area contributed by atoms with E-state index in [0.717, 1.165) is 31.7 Å². The van der Waals surface area contributed by atoms with Crippen LogP contribution >= 0.6 is 0 Å². The fourth-order valence-corrected chi connectivity index (χ4v) is 3.44. The molecule has 2 N–H and O–H groups in total. The molecular weight excluding hydrogens is 292 g/mol. The van der Waals surface area contributed by atoms with Crippen LogP contribution in [-0.2, 0) is 4.74 Å². The maximum atomic E-state index is 12.1. The summed E-state index contributed by atoms with van der Waals surface area (Å²) >= 11 is 0. The Balaban J connectivity index is 1.85. The zero-order valence-electron chi connectivity index (χ0n) is 15.2. The number of hydrogen-bond acceptors (Lipinski definition) is 4. The van der Waals surface area contributed by atoms with Crippen LogP contribution in [0.25, 0.3) is 0 Å². The van der Waals surface area contributed by atoms with Crippen molar-refractivity contribution in [3.05, 3.63) is 0 Å². The molecule has 5 nitrogen and oxygen atoms in total. The Kier molecular flexibility index (Phi) is 6.32. The van der Waals surface area contributed by atoms with E-state index in [4.69, 9.17) is 4.74 Å². The smallest absolute Gasteiger partial charge is 0.407 e. The van der Waals surface area contributed by atoms with E-state index in [9.17, 15) is 9.90 Å². The molecule has 2 aliphatic carbocycles. The summed E-state index contributed by atoms with van der Waals surface area (Å²) < 4.78 is 5.39. The molecule has 5 heteroatoms. The maximum absolute atomic E-state index is 12.1. The van der Waals surface area contributed by atoms with Crippen molar-refractivity contribution < 1.29 is 14.6 Å². The number of nitrogens with zero attached hydrogens (tertiary/aromatic N) is 1. The molecule has 0 aliphatic heterocycles. The molecule has 0 radical (unpaired) electrons. The van der Waals surface area contributed by atoms with Crippen LogP contribution < -0.4 is 5.32 Å². The van der Waals surface area contributed by atoms with E-state index in [2.05, 4.69) is 17.3 Å². The van der Waals surface area contributed by atoms with Crippen LogP contribution in [0, 0.1) is 5.92 Å². The summed E-state index contributed by atoms with van der Waals surface area (Å²) in [7, 11) is 2.11. The zero-order chi connectivity index (χ0) is 17.0. The number of amides is 1. The zero-order valence-corrected chi connectivity index (χ0v) is 15.2. The van der Waals surface area contributed by atoms with Crippen molar-refractivity contribution in [2.45, 2.75) is 89.5 Å². The van der Waals surface area contributed by atoms with E-state index in [-0.39, 0.29) is 24.3 Å². The Labute approximate surface area is 140 Å². The highest BCUT2D eigenvalue weighted by molar-refractivity contribution is 5.68.